The first-order chi connectivity index (χ1) is 9.08. The minimum Gasteiger partial charge on any atom is -0.491 e. The number of aliphatic hydroxyl groups excluding tert-OH is 1. The molecule has 0 fully saturated rings. The third kappa shape index (κ3) is 7.97. The number of hydrogen-bond acceptors (Lipinski definition) is 4. The van der Waals surface area contributed by atoms with Crippen LogP contribution in [0.25, 0.3) is 0 Å². The van der Waals surface area contributed by atoms with Crippen molar-refractivity contribution in [2.24, 2.45) is 0 Å². The molecule has 19 heavy (non-hydrogen) atoms. The lowest BCUT2D eigenvalue weighted by molar-refractivity contribution is 0.106. The van der Waals surface area contributed by atoms with Crippen LogP contribution in [-0.4, -0.2) is 47.1 Å². The molecule has 0 heterocycles. The molecular weight excluding hydrogens is 262 g/mol. The zero-order valence-corrected chi connectivity index (χ0v) is 12.4. The van der Waals surface area contributed by atoms with Gasteiger partial charge in [0.25, 0.3) is 0 Å². The van der Waals surface area contributed by atoms with E-state index in [0.717, 1.165) is 18.7 Å². The number of aliphatic hydroxyl groups is 1. The molecule has 2 N–H and O–H groups in total. The Balaban J connectivity index is 2.09. The van der Waals surface area contributed by atoms with Crippen LogP contribution >= 0.6 is 0 Å². The lowest BCUT2D eigenvalue weighted by atomic mass is 10.2. The van der Waals surface area contributed by atoms with E-state index in [0.29, 0.717) is 12.3 Å². The highest BCUT2D eigenvalue weighted by Gasteiger charge is 2.04. The van der Waals surface area contributed by atoms with Gasteiger partial charge in [0.1, 0.15) is 18.5 Å². The molecule has 5 heteroatoms. The summed E-state index contributed by atoms with van der Waals surface area (Å²) in [5.41, 5.74) is 1.18. The third-order valence-electron chi connectivity index (χ3n) is 2.63. The highest BCUT2D eigenvalue weighted by Crippen LogP contribution is 2.11. The van der Waals surface area contributed by atoms with Crippen molar-refractivity contribution in [3.8, 4) is 5.75 Å². The van der Waals surface area contributed by atoms with Gasteiger partial charge in [-0.05, 0) is 32.0 Å². The Morgan fingerprint density at radius 2 is 2.05 bits per heavy atom. The Hall–Kier alpha value is -0.910. The van der Waals surface area contributed by atoms with Gasteiger partial charge >= 0.3 is 0 Å². The number of nitrogens with one attached hydrogen (secondary N) is 1. The smallest absolute Gasteiger partial charge is 0.119 e. The van der Waals surface area contributed by atoms with Crippen molar-refractivity contribution >= 4 is 10.8 Å². The number of rotatable bonds is 9. The molecule has 2 atom stereocenters. The minimum atomic E-state index is -0.737. The summed E-state index contributed by atoms with van der Waals surface area (Å²) in [6.07, 6.45) is 2.02. The van der Waals surface area contributed by atoms with Gasteiger partial charge in [0, 0.05) is 29.4 Å². The molecule has 4 nitrogen and oxygen atoms in total. The van der Waals surface area contributed by atoms with Crippen LogP contribution in [0.4, 0.5) is 0 Å². The number of benzene rings is 1. The fraction of sp³-hybridized carbons (Fsp3) is 0.571. The first-order valence-electron chi connectivity index (χ1n) is 6.46. The van der Waals surface area contributed by atoms with Gasteiger partial charge in [-0.1, -0.05) is 17.7 Å². The molecule has 1 aromatic rings. The summed E-state index contributed by atoms with van der Waals surface area (Å²) in [5, 5.41) is 12.8. The fourth-order valence-electron chi connectivity index (χ4n) is 1.55. The Labute approximate surface area is 117 Å². The molecule has 0 aliphatic rings. The van der Waals surface area contributed by atoms with Gasteiger partial charge in [0.2, 0.25) is 0 Å². The maximum Gasteiger partial charge on any atom is 0.119 e. The second-order valence-corrected chi connectivity index (χ2v) is 6.17. The van der Waals surface area contributed by atoms with Crippen molar-refractivity contribution < 1.29 is 14.1 Å². The lowest BCUT2D eigenvalue weighted by Gasteiger charge is -2.13. The van der Waals surface area contributed by atoms with Crippen molar-refractivity contribution in [1.82, 2.24) is 5.32 Å². The molecule has 0 spiro atoms. The monoisotopic (exact) mass is 285 g/mol. The Kier molecular flexibility index (Phi) is 7.70. The summed E-state index contributed by atoms with van der Waals surface area (Å²) in [4.78, 5) is 0. The molecule has 0 bridgehead atoms. The maximum atomic E-state index is 10.8. The molecule has 0 saturated carbocycles. The molecular formula is C14H23NO3S. The lowest BCUT2D eigenvalue weighted by Crippen LogP contribution is -2.32. The predicted molar refractivity (Wildman–Crippen MR) is 79.1 cm³/mol. The molecule has 1 aromatic carbocycles. The fourth-order valence-corrected chi connectivity index (χ4v) is 2.11. The van der Waals surface area contributed by atoms with Crippen molar-refractivity contribution in [3.05, 3.63) is 29.8 Å². The molecule has 0 aromatic heterocycles. The Bertz CT molecular complexity index is 381. The molecule has 2 unspecified atom stereocenters. The zero-order chi connectivity index (χ0) is 14.1. The minimum absolute atomic E-state index is 0.274. The second kappa shape index (κ2) is 9.07. The average molecular weight is 285 g/mol. The molecule has 0 amide bonds. The van der Waals surface area contributed by atoms with Crippen LogP contribution in [0.1, 0.15) is 12.0 Å². The van der Waals surface area contributed by atoms with Gasteiger partial charge in [0.05, 0.1) is 0 Å². The van der Waals surface area contributed by atoms with E-state index < -0.39 is 16.9 Å². The largest absolute Gasteiger partial charge is 0.491 e. The highest BCUT2D eigenvalue weighted by molar-refractivity contribution is 7.84. The van der Waals surface area contributed by atoms with Crippen LogP contribution < -0.4 is 10.1 Å². The predicted octanol–water partition coefficient (Wildman–Crippen LogP) is 1.09. The first kappa shape index (κ1) is 16.1. The van der Waals surface area contributed by atoms with E-state index in [1.807, 2.05) is 31.2 Å². The Morgan fingerprint density at radius 1 is 1.37 bits per heavy atom. The van der Waals surface area contributed by atoms with Gasteiger partial charge in [0.15, 0.2) is 0 Å². The van der Waals surface area contributed by atoms with Crippen LogP contribution in [0.2, 0.25) is 0 Å². The summed E-state index contributed by atoms with van der Waals surface area (Å²) < 4.78 is 16.3. The topological polar surface area (TPSA) is 58.6 Å². The summed E-state index contributed by atoms with van der Waals surface area (Å²) in [5.74, 6) is 1.47. The quantitative estimate of drug-likeness (QED) is 0.667. The van der Waals surface area contributed by atoms with E-state index in [1.54, 1.807) is 6.26 Å². The van der Waals surface area contributed by atoms with E-state index in [4.69, 9.17) is 4.74 Å². The summed E-state index contributed by atoms with van der Waals surface area (Å²) in [6, 6.07) is 7.74. The standard InChI is InChI=1S/C14H23NO3S/c1-12-4-6-14(7-5-12)18-11-13(16)10-15-8-3-9-19(2)17/h4-7,13,15-16H,3,8-11H2,1-2H3. The third-order valence-corrected chi connectivity index (χ3v) is 3.49. The van der Waals surface area contributed by atoms with Gasteiger partial charge in [-0.25, -0.2) is 0 Å². The van der Waals surface area contributed by atoms with Crippen molar-refractivity contribution in [2.45, 2.75) is 19.4 Å². The van der Waals surface area contributed by atoms with Crippen molar-refractivity contribution in [3.63, 3.8) is 0 Å². The number of hydrogen-bond donors (Lipinski definition) is 2. The SMILES string of the molecule is Cc1ccc(OCC(O)CNCCCS(C)=O)cc1. The summed E-state index contributed by atoms with van der Waals surface area (Å²) in [6.45, 7) is 3.55. The normalized spacial score (nSPS) is 14.1. The van der Waals surface area contributed by atoms with E-state index in [9.17, 15) is 9.32 Å². The van der Waals surface area contributed by atoms with E-state index in [1.165, 1.54) is 5.56 Å². The van der Waals surface area contributed by atoms with E-state index in [2.05, 4.69) is 5.32 Å². The zero-order valence-electron chi connectivity index (χ0n) is 11.6. The van der Waals surface area contributed by atoms with Crippen LogP contribution in [0.15, 0.2) is 24.3 Å². The van der Waals surface area contributed by atoms with Crippen LogP contribution in [0, 0.1) is 6.92 Å². The van der Waals surface area contributed by atoms with Crippen molar-refractivity contribution in [1.29, 1.82) is 0 Å². The van der Waals surface area contributed by atoms with Gasteiger partial charge < -0.3 is 15.2 Å². The average Bonchev–Trinajstić information content (AvgIpc) is 2.37. The second-order valence-electron chi connectivity index (χ2n) is 4.61. The molecule has 108 valence electrons. The van der Waals surface area contributed by atoms with Crippen LogP contribution in [0.5, 0.6) is 5.75 Å². The van der Waals surface area contributed by atoms with E-state index in [-0.39, 0.29) is 6.61 Å². The van der Waals surface area contributed by atoms with E-state index >= 15 is 0 Å². The maximum absolute atomic E-state index is 10.8. The molecule has 0 aliphatic carbocycles. The van der Waals surface area contributed by atoms with Gasteiger partial charge in [-0.3, -0.25) is 4.21 Å². The first-order valence-corrected chi connectivity index (χ1v) is 8.19. The summed E-state index contributed by atoms with van der Waals surface area (Å²) in [7, 11) is -0.737. The molecule has 0 radical (unpaired) electrons. The molecule has 1 rings (SSSR count). The van der Waals surface area contributed by atoms with Gasteiger partial charge in [-0.15, -0.1) is 0 Å². The molecule has 0 saturated heterocycles. The number of aryl methyl sites for hydroxylation is 1. The van der Waals surface area contributed by atoms with Crippen LogP contribution in [-0.2, 0) is 10.8 Å². The van der Waals surface area contributed by atoms with Gasteiger partial charge in [-0.2, -0.15) is 0 Å². The molecule has 0 aliphatic heterocycles. The highest BCUT2D eigenvalue weighted by atomic mass is 32.2. The summed E-state index contributed by atoms with van der Waals surface area (Å²) >= 11 is 0. The Morgan fingerprint density at radius 3 is 2.68 bits per heavy atom. The van der Waals surface area contributed by atoms with Crippen molar-refractivity contribution in [2.75, 3.05) is 31.7 Å². The number of ether oxygens (including phenoxy) is 1. The van der Waals surface area contributed by atoms with Crippen LogP contribution in [0.3, 0.4) is 0 Å².